The number of amides is 1. The Morgan fingerprint density at radius 3 is 2.60 bits per heavy atom. The smallest absolute Gasteiger partial charge is 0.432 e. The van der Waals surface area contributed by atoms with Crippen LogP contribution in [0.25, 0.3) is 11.5 Å². The normalized spacial score (nSPS) is 14.0. The fourth-order valence-corrected chi connectivity index (χ4v) is 3.26. The van der Waals surface area contributed by atoms with E-state index in [1.807, 2.05) is 5.10 Å². The summed E-state index contributed by atoms with van der Waals surface area (Å²) in [5.41, 5.74) is 3.76. The zero-order valence-corrected chi connectivity index (χ0v) is 14.0. The summed E-state index contributed by atoms with van der Waals surface area (Å²) in [5.74, 6) is -0.827. The van der Waals surface area contributed by atoms with Crippen molar-refractivity contribution in [2.45, 2.75) is 30.7 Å². The third-order valence-electron chi connectivity index (χ3n) is 3.47. The molecule has 2 aromatic heterocycles. The number of furan rings is 1. The number of nitrogens with one attached hydrogen (secondary N) is 1. The van der Waals surface area contributed by atoms with Gasteiger partial charge in [-0.25, -0.2) is 8.42 Å². The lowest BCUT2D eigenvalue weighted by Crippen LogP contribution is -2.37. The van der Waals surface area contributed by atoms with Crippen LogP contribution < -0.4 is 5.73 Å². The highest BCUT2D eigenvalue weighted by molar-refractivity contribution is 7.89. The lowest BCUT2D eigenvalue weighted by atomic mass is 10.2. The summed E-state index contributed by atoms with van der Waals surface area (Å²) in [4.78, 5) is 10.9. The predicted molar refractivity (Wildman–Crippen MR) is 79.5 cm³/mol. The van der Waals surface area contributed by atoms with E-state index < -0.39 is 38.9 Å². The second kappa shape index (κ2) is 6.52. The SMILES string of the molecule is CC(CC(N)=O)N(C)S(=O)(=O)c1ccc(-c2cc(C(F)(F)F)[nH]n2)o1. The van der Waals surface area contributed by atoms with Crippen LogP contribution in [0.4, 0.5) is 13.2 Å². The number of hydrogen-bond acceptors (Lipinski definition) is 5. The predicted octanol–water partition coefficient (Wildman–Crippen LogP) is 1.57. The summed E-state index contributed by atoms with van der Waals surface area (Å²) in [6, 6.07) is 2.27. The second-order valence-electron chi connectivity index (χ2n) is 5.32. The van der Waals surface area contributed by atoms with Crippen molar-refractivity contribution < 1.29 is 30.8 Å². The first-order valence-electron chi connectivity index (χ1n) is 6.92. The van der Waals surface area contributed by atoms with Crippen molar-refractivity contribution in [1.29, 1.82) is 0 Å². The molecule has 1 amide bonds. The van der Waals surface area contributed by atoms with Crippen molar-refractivity contribution in [2.24, 2.45) is 5.73 Å². The topological polar surface area (TPSA) is 122 Å². The molecule has 0 spiro atoms. The molecule has 1 atom stereocenters. The van der Waals surface area contributed by atoms with Gasteiger partial charge in [0.2, 0.25) is 11.0 Å². The van der Waals surface area contributed by atoms with Gasteiger partial charge in [0.25, 0.3) is 10.0 Å². The molecular formula is C13H15F3N4O4S. The maximum atomic E-state index is 12.6. The van der Waals surface area contributed by atoms with Gasteiger partial charge in [-0.1, -0.05) is 0 Å². The van der Waals surface area contributed by atoms with Gasteiger partial charge in [-0.2, -0.15) is 22.6 Å². The number of alkyl halides is 3. The Labute approximate surface area is 140 Å². The average Bonchev–Trinajstić information content (AvgIpc) is 3.13. The van der Waals surface area contributed by atoms with Gasteiger partial charge in [-0.05, 0) is 25.1 Å². The number of nitrogens with zero attached hydrogens (tertiary/aromatic N) is 2. The monoisotopic (exact) mass is 380 g/mol. The Kier molecular flexibility index (Phi) is 4.95. The molecule has 0 aliphatic rings. The molecule has 12 heteroatoms. The number of aromatic amines is 1. The van der Waals surface area contributed by atoms with Crippen molar-refractivity contribution in [3.63, 3.8) is 0 Å². The molecule has 0 saturated heterocycles. The minimum atomic E-state index is -4.61. The molecule has 1 unspecified atom stereocenters. The molecule has 0 bridgehead atoms. The van der Waals surface area contributed by atoms with Gasteiger partial charge in [0.1, 0.15) is 11.4 Å². The first-order valence-corrected chi connectivity index (χ1v) is 8.36. The molecule has 2 heterocycles. The van der Waals surface area contributed by atoms with Crippen LogP contribution in [0.2, 0.25) is 0 Å². The lowest BCUT2D eigenvalue weighted by Gasteiger charge is -2.21. The Morgan fingerprint density at radius 1 is 1.44 bits per heavy atom. The molecule has 0 aliphatic carbocycles. The van der Waals surface area contributed by atoms with Gasteiger partial charge < -0.3 is 10.2 Å². The van der Waals surface area contributed by atoms with Gasteiger partial charge in [-0.3, -0.25) is 9.89 Å². The molecule has 0 aliphatic heterocycles. The van der Waals surface area contributed by atoms with E-state index in [9.17, 15) is 26.4 Å². The number of sulfonamides is 1. The number of primary amides is 1. The Morgan fingerprint density at radius 2 is 2.08 bits per heavy atom. The summed E-state index contributed by atoms with van der Waals surface area (Å²) in [6.45, 7) is 1.48. The average molecular weight is 380 g/mol. The maximum absolute atomic E-state index is 12.6. The van der Waals surface area contributed by atoms with Crippen LogP contribution in [0.5, 0.6) is 0 Å². The number of carbonyl (C=O) groups is 1. The van der Waals surface area contributed by atoms with Gasteiger partial charge >= 0.3 is 6.18 Å². The third-order valence-corrected chi connectivity index (χ3v) is 5.31. The van der Waals surface area contributed by atoms with Crippen LogP contribution in [0.3, 0.4) is 0 Å². The fourth-order valence-electron chi connectivity index (χ4n) is 1.99. The number of halogens is 3. The van der Waals surface area contributed by atoms with Crippen LogP contribution in [0.15, 0.2) is 27.7 Å². The van der Waals surface area contributed by atoms with Gasteiger partial charge in [0, 0.05) is 19.5 Å². The molecule has 2 rings (SSSR count). The molecule has 8 nitrogen and oxygen atoms in total. The minimum Gasteiger partial charge on any atom is -0.442 e. The van der Waals surface area contributed by atoms with E-state index in [0.717, 1.165) is 10.4 Å². The molecule has 3 N–H and O–H groups in total. The van der Waals surface area contributed by atoms with E-state index in [0.29, 0.717) is 6.07 Å². The summed E-state index contributed by atoms with van der Waals surface area (Å²) < 4.78 is 68.6. The number of nitrogens with two attached hydrogens (primary N) is 1. The summed E-state index contributed by atoms with van der Waals surface area (Å²) in [7, 11) is -2.86. The van der Waals surface area contributed by atoms with Crippen molar-refractivity contribution in [1.82, 2.24) is 14.5 Å². The molecular weight excluding hydrogens is 365 g/mol. The fraction of sp³-hybridized carbons (Fsp3) is 0.385. The highest BCUT2D eigenvalue weighted by Crippen LogP contribution is 2.31. The van der Waals surface area contributed by atoms with E-state index in [-0.39, 0.29) is 17.9 Å². The highest BCUT2D eigenvalue weighted by Gasteiger charge is 2.34. The first-order chi connectivity index (χ1) is 11.4. The second-order valence-corrected chi connectivity index (χ2v) is 7.25. The Balaban J connectivity index is 2.28. The Hall–Kier alpha value is -2.34. The van der Waals surface area contributed by atoms with E-state index >= 15 is 0 Å². The molecule has 0 radical (unpaired) electrons. The van der Waals surface area contributed by atoms with E-state index in [1.165, 1.54) is 20.0 Å². The number of rotatable bonds is 6. The van der Waals surface area contributed by atoms with Crippen LogP contribution in [-0.2, 0) is 21.0 Å². The number of H-pyrrole nitrogens is 1. The van der Waals surface area contributed by atoms with Crippen LogP contribution in [0.1, 0.15) is 19.0 Å². The summed E-state index contributed by atoms with van der Waals surface area (Å²) >= 11 is 0. The van der Waals surface area contributed by atoms with Gasteiger partial charge in [0.15, 0.2) is 5.76 Å². The van der Waals surface area contributed by atoms with E-state index in [2.05, 4.69) is 5.10 Å². The van der Waals surface area contributed by atoms with Crippen molar-refractivity contribution in [3.8, 4) is 11.5 Å². The van der Waals surface area contributed by atoms with Crippen LogP contribution >= 0.6 is 0 Å². The van der Waals surface area contributed by atoms with Crippen molar-refractivity contribution >= 4 is 15.9 Å². The minimum absolute atomic E-state index is 0.152. The quantitative estimate of drug-likeness (QED) is 0.788. The molecule has 25 heavy (non-hydrogen) atoms. The Bertz CT molecular complexity index is 872. The molecule has 0 aromatic carbocycles. The number of carbonyl (C=O) groups excluding carboxylic acids is 1. The zero-order valence-electron chi connectivity index (χ0n) is 13.2. The van der Waals surface area contributed by atoms with Gasteiger partial charge in [-0.15, -0.1) is 0 Å². The lowest BCUT2D eigenvalue weighted by molar-refractivity contribution is -0.141. The summed E-state index contributed by atoms with van der Waals surface area (Å²) in [6.07, 6.45) is -4.81. The molecule has 0 fully saturated rings. The third kappa shape index (κ3) is 4.02. The molecule has 0 saturated carbocycles. The largest absolute Gasteiger partial charge is 0.442 e. The van der Waals surface area contributed by atoms with Crippen molar-refractivity contribution in [3.05, 3.63) is 23.9 Å². The number of hydrogen-bond donors (Lipinski definition) is 2. The summed E-state index contributed by atoms with van der Waals surface area (Å²) in [5, 5.41) is 4.78. The van der Waals surface area contributed by atoms with Crippen molar-refractivity contribution in [2.75, 3.05) is 7.05 Å². The van der Waals surface area contributed by atoms with Crippen LogP contribution in [-0.4, -0.2) is 41.9 Å². The highest BCUT2D eigenvalue weighted by atomic mass is 32.2. The van der Waals surface area contributed by atoms with Gasteiger partial charge in [0.05, 0.1) is 0 Å². The van der Waals surface area contributed by atoms with E-state index in [4.69, 9.17) is 10.2 Å². The maximum Gasteiger partial charge on any atom is 0.432 e. The molecule has 2 aromatic rings. The zero-order chi connectivity index (χ0) is 19.0. The standard InChI is InChI=1S/C13H15F3N4O4S/c1-7(5-11(17)21)20(2)25(22,23)12-4-3-9(24-12)8-6-10(19-18-8)13(14,15)16/h3-4,6-7H,5H2,1-2H3,(H2,17,21)(H,18,19). The van der Waals surface area contributed by atoms with E-state index in [1.54, 1.807) is 0 Å². The number of aromatic nitrogens is 2. The van der Waals surface area contributed by atoms with Crippen LogP contribution in [0, 0.1) is 0 Å². The first kappa shape index (κ1) is 19.0. The molecule has 138 valence electrons.